The van der Waals surface area contributed by atoms with Crippen LogP contribution in [0.2, 0.25) is 0 Å². The Morgan fingerprint density at radius 2 is 2.11 bits per heavy atom. The van der Waals surface area contributed by atoms with Crippen LogP contribution in [0.3, 0.4) is 0 Å². The van der Waals surface area contributed by atoms with Crippen molar-refractivity contribution in [3.05, 3.63) is 6.92 Å². The molecule has 1 atom stereocenters. The van der Waals surface area contributed by atoms with Gasteiger partial charge >= 0.3 is 0 Å². The minimum atomic E-state index is -0.0694. The molecule has 0 bridgehead atoms. The predicted molar refractivity (Wildman–Crippen MR) is 37.8 cm³/mol. The van der Waals surface area contributed by atoms with E-state index in [9.17, 15) is 4.79 Å². The largest absolute Gasteiger partial charge is 0.349 e. The Morgan fingerprint density at radius 1 is 1.67 bits per heavy atom. The molecular weight excluding hydrogens is 114 g/mol. The van der Waals surface area contributed by atoms with Gasteiger partial charge in [0.1, 0.15) is 0 Å². The van der Waals surface area contributed by atoms with E-state index >= 15 is 0 Å². The van der Waals surface area contributed by atoms with E-state index in [1.165, 1.54) is 0 Å². The van der Waals surface area contributed by atoms with Crippen LogP contribution in [0.25, 0.3) is 0 Å². The molecule has 0 heterocycles. The topological polar surface area (TPSA) is 20.3 Å². The molecule has 0 N–H and O–H groups in total. The molecule has 0 aromatic carbocycles. The maximum atomic E-state index is 10.9. The normalized spacial score (nSPS) is 12.9. The van der Waals surface area contributed by atoms with Gasteiger partial charge in [0, 0.05) is 20.0 Å². The number of amides is 1. The summed E-state index contributed by atoms with van der Waals surface area (Å²) in [6.45, 7) is 5.64. The third kappa shape index (κ3) is 2.49. The molecule has 9 heavy (non-hydrogen) atoms. The number of nitrogens with zero attached hydrogens (tertiary/aromatic N) is 1. The van der Waals surface area contributed by atoms with Crippen molar-refractivity contribution in [3.8, 4) is 0 Å². The fourth-order valence-corrected chi connectivity index (χ4v) is 0.540. The second kappa shape index (κ2) is 3.49. The summed E-state index contributed by atoms with van der Waals surface area (Å²) in [5.74, 6) is 0.0394. The van der Waals surface area contributed by atoms with Gasteiger partial charge in [-0.15, -0.1) is 0 Å². The monoisotopic (exact) mass is 128 g/mol. The van der Waals surface area contributed by atoms with Crippen LogP contribution < -0.4 is 0 Å². The fraction of sp³-hybridized carbons (Fsp3) is 0.714. The van der Waals surface area contributed by atoms with E-state index < -0.39 is 0 Å². The van der Waals surface area contributed by atoms with Gasteiger partial charge in [0.05, 0.1) is 0 Å². The highest BCUT2D eigenvalue weighted by molar-refractivity contribution is 5.78. The standard InChI is InChI=1S/C7H14NO/c1-5-6(2)7(9)8(3)4/h6H,2,5H2,1,3-4H3. The number of carbonyl (C=O) groups is 1. The van der Waals surface area contributed by atoms with Crippen LogP contribution in [0.1, 0.15) is 13.3 Å². The summed E-state index contributed by atoms with van der Waals surface area (Å²) >= 11 is 0. The van der Waals surface area contributed by atoms with E-state index in [2.05, 4.69) is 6.92 Å². The SMILES string of the molecule is [CH2]C(CC)C(=O)N(C)C. The first-order chi connectivity index (χ1) is 4.09. The average Bonchev–Trinajstić information content (AvgIpc) is 1.84. The van der Waals surface area contributed by atoms with E-state index in [1.807, 2.05) is 6.92 Å². The minimum Gasteiger partial charge on any atom is -0.349 e. The van der Waals surface area contributed by atoms with Gasteiger partial charge in [-0.2, -0.15) is 0 Å². The Bertz CT molecular complexity index is 99.1. The Labute approximate surface area is 56.9 Å². The number of carbonyl (C=O) groups excluding carboxylic acids is 1. The van der Waals surface area contributed by atoms with Crippen molar-refractivity contribution in [1.29, 1.82) is 0 Å². The molecule has 1 radical (unpaired) electrons. The summed E-state index contributed by atoms with van der Waals surface area (Å²) < 4.78 is 0. The quantitative estimate of drug-likeness (QED) is 0.542. The molecule has 0 saturated carbocycles. The molecule has 0 saturated heterocycles. The van der Waals surface area contributed by atoms with Crippen molar-refractivity contribution in [1.82, 2.24) is 4.90 Å². The maximum Gasteiger partial charge on any atom is 0.225 e. The van der Waals surface area contributed by atoms with Crippen LogP contribution in [0, 0.1) is 12.8 Å². The summed E-state index contributed by atoms with van der Waals surface area (Å²) in [6.07, 6.45) is 0.816. The summed E-state index contributed by atoms with van der Waals surface area (Å²) in [7, 11) is 3.49. The second-order valence-electron chi connectivity index (χ2n) is 2.34. The highest BCUT2D eigenvalue weighted by Gasteiger charge is 2.11. The van der Waals surface area contributed by atoms with E-state index in [1.54, 1.807) is 19.0 Å². The first-order valence-electron chi connectivity index (χ1n) is 3.13. The van der Waals surface area contributed by atoms with Crippen molar-refractivity contribution in [3.63, 3.8) is 0 Å². The van der Waals surface area contributed by atoms with Gasteiger partial charge in [0.15, 0.2) is 0 Å². The van der Waals surface area contributed by atoms with Gasteiger partial charge in [-0.25, -0.2) is 0 Å². The van der Waals surface area contributed by atoms with Crippen LogP contribution in [0.4, 0.5) is 0 Å². The lowest BCUT2D eigenvalue weighted by Crippen LogP contribution is -2.27. The lowest BCUT2D eigenvalue weighted by molar-refractivity contribution is -0.131. The molecule has 0 fully saturated rings. The molecule has 0 spiro atoms. The zero-order valence-corrected chi connectivity index (χ0v) is 6.35. The van der Waals surface area contributed by atoms with Gasteiger partial charge in [-0.3, -0.25) is 4.79 Å². The van der Waals surface area contributed by atoms with Crippen LogP contribution in [0.15, 0.2) is 0 Å². The molecule has 0 aliphatic carbocycles. The summed E-state index contributed by atoms with van der Waals surface area (Å²) in [4.78, 5) is 12.5. The molecule has 2 heteroatoms. The van der Waals surface area contributed by atoms with Crippen molar-refractivity contribution in [2.75, 3.05) is 14.1 Å². The van der Waals surface area contributed by atoms with Crippen LogP contribution in [-0.4, -0.2) is 24.9 Å². The van der Waals surface area contributed by atoms with Gasteiger partial charge in [0.2, 0.25) is 5.91 Å². The zero-order valence-electron chi connectivity index (χ0n) is 6.35. The molecule has 1 amide bonds. The fourth-order valence-electron chi connectivity index (χ4n) is 0.540. The smallest absolute Gasteiger partial charge is 0.225 e. The van der Waals surface area contributed by atoms with E-state index in [0.29, 0.717) is 0 Å². The van der Waals surface area contributed by atoms with Crippen molar-refractivity contribution in [2.45, 2.75) is 13.3 Å². The maximum absolute atomic E-state index is 10.9. The molecular formula is C7H14NO. The molecule has 2 nitrogen and oxygen atoms in total. The Morgan fingerprint density at radius 3 is 2.22 bits per heavy atom. The average molecular weight is 128 g/mol. The van der Waals surface area contributed by atoms with Gasteiger partial charge in [-0.05, 0) is 13.3 Å². The molecule has 53 valence electrons. The van der Waals surface area contributed by atoms with Gasteiger partial charge in [0.25, 0.3) is 0 Å². The van der Waals surface area contributed by atoms with Crippen LogP contribution >= 0.6 is 0 Å². The lowest BCUT2D eigenvalue weighted by Gasteiger charge is -2.14. The Kier molecular flexibility index (Phi) is 3.28. The van der Waals surface area contributed by atoms with Gasteiger partial charge in [-0.1, -0.05) is 6.92 Å². The first kappa shape index (κ1) is 8.47. The molecule has 1 unspecified atom stereocenters. The van der Waals surface area contributed by atoms with Crippen LogP contribution in [0.5, 0.6) is 0 Å². The minimum absolute atomic E-state index is 0.0694. The number of hydrogen-bond acceptors (Lipinski definition) is 1. The molecule has 0 rings (SSSR count). The number of rotatable bonds is 2. The molecule has 0 aromatic heterocycles. The molecule has 0 aliphatic heterocycles. The Balaban J connectivity index is 3.73. The summed E-state index contributed by atoms with van der Waals surface area (Å²) in [5.41, 5.74) is 0. The summed E-state index contributed by atoms with van der Waals surface area (Å²) in [6, 6.07) is 0. The lowest BCUT2D eigenvalue weighted by atomic mass is 10.1. The third-order valence-corrected chi connectivity index (χ3v) is 1.28. The molecule has 0 aliphatic rings. The van der Waals surface area contributed by atoms with E-state index in [-0.39, 0.29) is 11.8 Å². The first-order valence-corrected chi connectivity index (χ1v) is 3.13. The second-order valence-corrected chi connectivity index (χ2v) is 2.34. The van der Waals surface area contributed by atoms with E-state index in [0.717, 1.165) is 6.42 Å². The predicted octanol–water partition coefficient (Wildman–Crippen LogP) is 0.935. The van der Waals surface area contributed by atoms with Crippen molar-refractivity contribution in [2.24, 2.45) is 5.92 Å². The zero-order chi connectivity index (χ0) is 7.44. The Hall–Kier alpha value is -0.530. The molecule has 0 aromatic rings. The highest BCUT2D eigenvalue weighted by atomic mass is 16.2. The summed E-state index contributed by atoms with van der Waals surface area (Å²) in [5, 5.41) is 0. The van der Waals surface area contributed by atoms with Crippen molar-refractivity contribution < 1.29 is 4.79 Å². The van der Waals surface area contributed by atoms with Crippen LogP contribution in [-0.2, 0) is 4.79 Å². The van der Waals surface area contributed by atoms with E-state index in [4.69, 9.17) is 0 Å². The van der Waals surface area contributed by atoms with Crippen molar-refractivity contribution >= 4 is 5.91 Å². The van der Waals surface area contributed by atoms with Gasteiger partial charge < -0.3 is 4.90 Å². The third-order valence-electron chi connectivity index (χ3n) is 1.28. The number of hydrogen-bond donors (Lipinski definition) is 0. The highest BCUT2D eigenvalue weighted by Crippen LogP contribution is 2.01.